The fourth-order valence-electron chi connectivity index (χ4n) is 11.8. The van der Waals surface area contributed by atoms with E-state index in [4.69, 9.17) is 0 Å². The van der Waals surface area contributed by atoms with E-state index in [9.17, 15) is 0 Å². The lowest BCUT2D eigenvalue weighted by atomic mass is 9.57. The number of benzene rings is 10. The van der Waals surface area contributed by atoms with Crippen molar-refractivity contribution in [3.63, 3.8) is 0 Å². The minimum Gasteiger partial charge on any atom is -0.355 e. The van der Waals surface area contributed by atoms with Gasteiger partial charge in [-0.3, -0.25) is 0 Å². The second kappa shape index (κ2) is 18.8. The van der Waals surface area contributed by atoms with Crippen LogP contribution in [-0.4, -0.2) is 7.28 Å². The number of para-hydroxylation sites is 1. The van der Waals surface area contributed by atoms with Gasteiger partial charge in [0.05, 0.1) is 0 Å². The minimum absolute atomic E-state index is 0.0285. The zero-order chi connectivity index (χ0) is 52.5. The van der Waals surface area contributed by atoms with E-state index in [0.29, 0.717) is 0 Å². The first kappa shape index (κ1) is 48.6. The van der Waals surface area contributed by atoms with Gasteiger partial charge in [-0.25, -0.2) is 0 Å². The second-order valence-electron chi connectivity index (χ2n) is 23.4. The smallest absolute Gasteiger partial charge is 0.198 e. The standard InChI is InChI=1S/C72H65BN3/c1-47-43-51(49-23-14-11-15-24-49)31-41-64(47)76-65-42-40-57(75(55-36-32-52(33-37-55)70(2,3)4)56-38-34-53(35-39-56)71(5,6)7)45-62(65)73-69-66(76)46-61-67(58-27-16-18-29-60(58)72(61,8)9)68(69)59-28-17-19-30-63(59)74-54-26-20-25-50(44-54)48-21-12-10-13-22-48/h10-46,74H,1-9H3. The Hall–Kier alpha value is -8.34. The molecule has 1 heterocycles. The number of nitrogens with zero attached hydrogens (tertiary/aromatic N) is 2. The molecule has 12 rings (SSSR count). The van der Waals surface area contributed by atoms with Gasteiger partial charge in [0.1, 0.15) is 0 Å². The third kappa shape index (κ3) is 8.70. The van der Waals surface area contributed by atoms with E-state index in [2.05, 4.69) is 309 Å². The highest BCUT2D eigenvalue weighted by Gasteiger charge is 2.41. The van der Waals surface area contributed by atoms with Gasteiger partial charge in [-0.2, -0.15) is 0 Å². The summed E-state index contributed by atoms with van der Waals surface area (Å²) >= 11 is 0. The van der Waals surface area contributed by atoms with Crippen molar-refractivity contribution in [2.45, 2.75) is 78.6 Å². The molecule has 0 saturated heterocycles. The van der Waals surface area contributed by atoms with Crippen LogP contribution in [0.25, 0.3) is 44.5 Å². The van der Waals surface area contributed by atoms with E-state index in [1.807, 2.05) is 0 Å². The van der Waals surface area contributed by atoms with E-state index in [1.54, 1.807) is 0 Å². The van der Waals surface area contributed by atoms with Crippen LogP contribution in [0.4, 0.5) is 45.5 Å². The number of nitrogens with one attached hydrogen (secondary N) is 1. The number of aryl methyl sites for hydroxylation is 1. The Morgan fingerprint density at radius 3 is 1.59 bits per heavy atom. The molecule has 1 aliphatic heterocycles. The van der Waals surface area contributed by atoms with Gasteiger partial charge in [-0.15, -0.1) is 0 Å². The quantitative estimate of drug-likeness (QED) is 0.145. The van der Waals surface area contributed by atoms with Crippen LogP contribution in [0, 0.1) is 6.92 Å². The van der Waals surface area contributed by atoms with Crippen LogP contribution in [0.15, 0.2) is 224 Å². The van der Waals surface area contributed by atoms with Gasteiger partial charge in [0.2, 0.25) is 0 Å². The van der Waals surface area contributed by atoms with E-state index in [-0.39, 0.29) is 16.2 Å². The summed E-state index contributed by atoms with van der Waals surface area (Å²) in [7, 11) is 2.48. The molecule has 10 aromatic carbocycles. The van der Waals surface area contributed by atoms with Crippen molar-refractivity contribution in [3.05, 3.63) is 252 Å². The van der Waals surface area contributed by atoms with Crippen LogP contribution >= 0.6 is 0 Å². The second-order valence-corrected chi connectivity index (χ2v) is 23.4. The third-order valence-electron chi connectivity index (χ3n) is 15.9. The van der Waals surface area contributed by atoms with Gasteiger partial charge in [-0.05, 0) is 169 Å². The Balaban J connectivity index is 1.10. The summed E-state index contributed by atoms with van der Waals surface area (Å²) in [5, 5.41) is 3.97. The van der Waals surface area contributed by atoms with Crippen LogP contribution in [-0.2, 0) is 16.2 Å². The molecular weight excluding hydrogens is 918 g/mol. The lowest BCUT2D eigenvalue weighted by Crippen LogP contribution is -2.42. The topological polar surface area (TPSA) is 18.5 Å². The van der Waals surface area contributed by atoms with Gasteiger partial charge >= 0.3 is 0 Å². The molecule has 1 radical (unpaired) electrons. The van der Waals surface area contributed by atoms with Crippen LogP contribution < -0.4 is 26.0 Å². The van der Waals surface area contributed by atoms with Crippen LogP contribution in [0.5, 0.6) is 0 Å². The highest BCUT2D eigenvalue weighted by molar-refractivity contribution is 6.73. The van der Waals surface area contributed by atoms with E-state index in [0.717, 1.165) is 50.8 Å². The molecule has 0 amide bonds. The molecule has 1 N–H and O–H groups in total. The van der Waals surface area contributed by atoms with E-state index >= 15 is 0 Å². The molecule has 371 valence electrons. The Bertz CT molecular complexity index is 3750. The lowest BCUT2D eigenvalue weighted by molar-refractivity contribution is 0.590. The fourth-order valence-corrected chi connectivity index (χ4v) is 11.8. The minimum atomic E-state index is -0.268. The number of hydrogen-bond donors (Lipinski definition) is 1. The van der Waals surface area contributed by atoms with Gasteiger partial charge < -0.3 is 15.1 Å². The average Bonchev–Trinajstić information content (AvgIpc) is 3.92. The number of hydrogen-bond acceptors (Lipinski definition) is 3. The van der Waals surface area contributed by atoms with Crippen molar-refractivity contribution in [2.75, 3.05) is 15.1 Å². The zero-order valence-corrected chi connectivity index (χ0v) is 45.3. The predicted octanol–water partition coefficient (Wildman–Crippen LogP) is 18.5. The number of fused-ring (bicyclic) bond motifs is 5. The molecule has 0 unspecified atom stereocenters. The summed E-state index contributed by atoms with van der Waals surface area (Å²) in [6.45, 7) is 20.8. The van der Waals surface area contributed by atoms with Crippen molar-refractivity contribution in [1.29, 1.82) is 0 Å². The summed E-state index contributed by atoms with van der Waals surface area (Å²) in [6, 6.07) is 83.2. The number of rotatable bonds is 9. The zero-order valence-electron chi connectivity index (χ0n) is 45.3. The normalized spacial score (nSPS) is 13.2. The monoisotopic (exact) mass is 983 g/mol. The van der Waals surface area contributed by atoms with Crippen molar-refractivity contribution < 1.29 is 0 Å². The van der Waals surface area contributed by atoms with Crippen molar-refractivity contribution >= 4 is 63.7 Å². The summed E-state index contributed by atoms with van der Waals surface area (Å²) in [4.78, 5) is 4.99. The Labute approximate surface area is 451 Å². The summed E-state index contributed by atoms with van der Waals surface area (Å²) < 4.78 is 0. The fraction of sp³-hybridized carbons (Fsp3) is 0.167. The van der Waals surface area contributed by atoms with Crippen LogP contribution in [0.2, 0.25) is 0 Å². The maximum Gasteiger partial charge on any atom is 0.198 e. The molecule has 10 aromatic rings. The molecule has 0 saturated carbocycles. The molecule has 2 aliphatic rings. The molecule has 1 aliphatic carbocycles. The molecule has 0 atom stereocenters. The van der Waals surface area contributed by atoms with Crippen molar-refractivity contribution in [3.8, 4) is 44.5 Å². The summed E-state index contributed by atoms with van der Waals surface area (Å²) in [5.74, 6) is 0. The maximum absolute atomic E-state index is 3.97. The lowest BCUT2D eigenvalue weighted by Gasteiger charge is -2.38. The third-order valence-corrected chi connectivity index (χ3v) is 15.9. The molecule has 0 bridgehead atoms. The molecule has 76 heavy (non-hydrogen) atoms. The molecule has 0 aromatic heterocycles. The maximum atomic E-state index is 3.97. The number of anilines is 8. The van der Waals surface area contributed by atoms with Gasteiger partial charge in [0, 0.05) is 56.5 Å². The molecule has 4 heteroatoms. The summed E-state index contributed by atoms with van der Waals surface area (Å²) in [6.07, 6.45) is 0. The molecule has 0 fully saturated rings. The van der Waals surface area contributed by atoms with E-state index in [1.165, 1.54) is 77.9 Å². The highest BCUT2D eigenvalue weighted by atomic mass is 15.2. The average molecular weight is 983 g/mol. The van der Waals surface area contributed by atoms with Gasteiger partial charge in [0.25, 0.3) is 0 Å². The van der Waals surface area contributed by atoms with Crippen molar-refractivity contribution in [2.24, 2.45) is 0 Å². The first-order valence-corrected chi connectivity index (χ1v) is 26.9. The van der Waals surface area contributed by atoms with Gasteiger partial charge in [0.15, 0.2) is 7.28 Å². The van der Waals surface area contributed by atoms with Crippen molar-refractivity contribution in [1.82, 2.24) is 0 Å². The molecular formula is C72H65BN3. The largest absolute Gasteiger partial charge is 0.355 e. The highest BCUT2D eigenvalue weighted by Crippen LogP contribution is 2.55. The Morgan fingerprint density at radius 1 is 0.434 bits per heavy atom. The first-order valence-electron chi connectivity index (χ1n) is 26.9. The SMILES string of the molecule is Cc1cc(-c2ccccc2)ccc1N1c2ccc(N(c3ccc(C(C)(C)C)cc3)c3ccc(C(C)(C)C)cc3)cc2[B]c2c1cc1c(c2-c2ccccc2Nc2cccc(-c3ccccc3)c2)-c2ccccc2C1(C)C. The van der Waals surface area contributed by atoms with Gasteiger partial charge in [-0.1, -0.05) is 206 Å². The first-order chi connectivity index (χ1) is 36.6. The summed E-state index contributed by atoms with van der Waals surface area (Å²) in [5.41, 5.74) is 27.2. The van der Waals surface area contributed by atoms with Crippen LogP contribution in [0.1, 0.15) is 83.2 Å². The van der Waals surface area contributed by atoms with E-state index < -0.39 is 0 Å². The molecule has 3 nitrogen and oxygen atoms in total. The Kier molecular flexibility index (Phi) is 12.0. The predicted molar refractivity (Wildman–Crippen MR) is 327 cm³/mol. The Morgan fingerprint density at radius 2 is 0.974 bits per heavy atom. The van der Waals surface area contributed by atoms with Crippen LogP contribution in [0.3, 0.4) is 0 Å². The molecule has 0 spiro atoms.